The molecule has 1 aromatic carbocycles. The summed E-state index contributed by atoms with van der Waals surface area (Å²) < 4.78 is 38.1. The molecule has 2 nitrogen and oxygen atoms in total. The van der Waals surface area contributed by atoms with E-state index in [0.717, 1.165) is 23.7 Å². The highest BCUT2D eigenvalue weighted by Crippen LogP contribution is 2.32. The van der Waals surface area contributed by atoms with E-state index in [1.807, 2.05) is 0 Å². The molecule has 0 fully saturated rings. The summed E-state index contributed by atoms with van der Waals surface area (Å²) in [5, 5.41) is 5.94. The fraction of sp³-hybridized carbons (Fsp3) is 0.400. The molecule has 2 rings (SSSR count). The maximum absolute atomic E-state index is 12.7. The van der Waals surface area contributed by atoms with Crippen LogP contribution in [0.5, 0.6) is 0 Å². The largest absolute Gasteiger partial charge is 0.416 e. The van der Waals surface area contributed by atoms with Crippen molar-refractivity contribution in [3.8, 4) is 11.3 Å². The van der Waals surface area contributed by atoms with E-state index in [-0.39, 0.29) is 0 Å². The Hall–Kier alpha value is -1.40. The van der Waals surface area contributed by atoms with Crippen LogP contribution in [0.3, 0.4) is 0 Å². The first-order valence-corrected chi connectivity index (χ1v) is 7.57. The summed E-state index contributed by atoms with van der Waals surface area (Å²) in [6, 6.07) is 5.27. The highest BCUT2D eigenvalue weighted by Gasteiger charge is 2.30. The summed E-state index contributed by atoms with van der Waals surface area (Å²) in [6.07, 6.45) is -4.33. The highest BCUT2D eigenvalue weighted by molar-refractivity contribution is 7.09. The molecular weight excluding hydrogens is 297 g/mol. The Morgan fingerprint density at radius 2 is 2.05 bits per heavy atom. The molecule has 114 valence electrons. The van der Waals surface area contributed by atoms with Crippen LogP contribution < -0.4 is 5.32 Å². The van der Waals surface area contributed by atoms with E-state index in [2.05, 4.69) is 24.1 Å². The Morgan fingerprint density at radius 1 is 1.29 bits per heavy atom. The topological polar surface area (TPSA) is 24.9 Å². The molecule has 0 bridgehead atoms. The van der Waals surface area contributed by atoms with Crippen molar-refractivity contribution in [1.29, 1.82) is 0 Å². The van der Waals surface area contributed by atoms with Gasteiger partial charge in [-0.2, -0.15) is 13.2 Å². The number of hydrogen-bond donors (Lipinski definition) is 1. The molecule has 0 radical (unpaired) electrons. The molecule has 2 aromatic rings. The fourth-order valence-electron chi connectivity index (χ4n) is 1.85. The smallest absolute Gasteiger partial charge is 0.310 e. The number of thiazole rings is 1. The molecule has 0 atom stereocenters. The van der Waals surface area contributed by atoms with Crippen LogP contribution in [0.4, 0.5) is 13.2 Å². The lowest BCUT2D eigenvalue weighted by Crippen LogP contribution is -2.18. The number of nitrogens with zero attached hydrogens (tertiary/aromatic N) is 1. The van der Waals surface area contributed by atoms with Crippen LogP contribution >= 0.6 is 11.3 Å². The number of benzene rings is 1. The van der Waals surface area contributed by atoms with Gasteiger partial charge in [0.05, 0.1) is 11.3 Å². The molecule has 0 amide bonds. The van der Waals surface area contributed by atoms with E-state index in [1.54, 1.807) is 11.4 Å². The SMILES string of the molecule is CC(C)CNCc1nc(-c2cccc(C(F)(F)F)c2)cs1. The molecule has 0 unspecified atom stereocenters. The molecule has 21 heavy (non-hydrogen) atoms. The van der Waals surface area contributed by atoms with Crippen molar-refractivity contribution in [1.82, 2.24) is 10.3 Å². The van der Waals surface area contributed by atoms with Crippen molar-refractivity contribution in [2.45, 2.75) is 26.6 Å². The number of nitrogens with one attached hydrogen (secondary N) is 1. The number of rotatable bonds is 5. The van der Waals surface area contributed by atoms with Crippen LogP contribution in [0.1, 0.15) is 24.4 Å². The summed E-state index contributed by atoms with van der Waals surface area (Å²) in [7, 11) is 0. The van der Waals surface area contributed by atoms with Crippen LogP contribution in [0.25, 0.3) is 11.3 Å². The molecule has 0 spiro atoms. The third-order valence-corrected chi connectivity index (χ3v) is 3.72. The van der Waals surface area contributed by atoms with Crippen LogP contribution in [0.2, 0.25) is 0 Å². The quantitative estimate of drug-likeness (QED) is 0.874. The first-order valence-electron chi connectivity index (χ1n) is 6.69. The van der Waals surface area contributed by atoms with Gasteiger partial charge in [-0.25, -0.2) is 4.98 Å². The summed E-state index contributed by atoms with van der Waals surface area (Å²) in [5.41, 5.74) is 0.441. The molecular formula is C15H17F3N2S. The van der Waals surface area contributed by atoms with Gasteiger partial charge in [-0.3, -0.25) is 0 Å². The molecule has 1 aromatic heterocycles. The third-order valence-electron chi connectivity index (χ3n) is 2.87. The van der Waals surface area contributed by atoms with Crippen molar-refractivity contribution in [3.63, 3.8) is 0 Å². The van der Waals surface area contributed by atoms with Crippen LogP contribution in [0.15, 0.2) is 29.6 Å². The molecule has 6 heteroatoms. The minimum absolute atomic E-state index is 0.496. The molecule has 0 saturated heterocycles. The van der Waals surface area contributed by atoms with Crippen molar-refractivity contribution < 1.29 is 13.2 Å². The zero-order chi connectivity index (χ0) is 15.5. The molecule has 0 aliphatic carbocycles. The van der Waals surface area contributed by atoms with Crippen molar-refractivity contribution in [2.24, 2.45) is 5.92 Å². The zero-order valence-electron chi connectivity index (χ0n) is 11.9. The van der Waals surface area contributed by atoms with E-state index < -0.39 is 11.7 Å². The second kappa shape index (κ2) is 6.58. The van der Waals surface area contributed by atoms with Crippen LogP contribution in [-0.4, -0.2) is 11.5 Å². The molecule has 1 heterocycles. The summed E-state index contributed by atoms with van der Waals surface area (Å²) >= 11 is 1.45. The Bertz CT molecular complexity index is 591. The standard InChI is InChI=1S/C15H17F3N2S/c1-10(2)7-19-8-14-20-13(9-21-14)11-4-3-5-12(6-11)15(16,17)18/h3-6,9-10,19H,7-8H2,1-2H3. The Labute approximate surface area is 126 Å². The Kier molecular flexibility index (Phi) is 5.00. The van der Waals surface area contributed by atoms with Crippen LogP contribution in [0, 0.1) is 5.92 Å². The monoisotopic (exact) mass is 314 g/mol. The molecule has 1 N–H and O–H groups in total. The first kappa shape index (κ1) is 16.0. The van der Waals surface area contributed by atoms with Gasteiger partial charge in [-0.1, -0.05) is 26.0 Å². The predicted octanol–water partition coefficient (Wildman–Crippen LogP) is 4.57. The van der Waals surface area contributed by atoms with Gasteiger partial charge in [-0.05, 0) is 24.6 Å². The van der Waals surface area contributed by atoms with Gasteiger partial charge in [0, 0.05) is 17.5 Å². The lowest BCUT2D eigenvalue weighted by molar-refractivity contribution is -0.137. The summed E-state index contributed by atoms with van der Waals surface area (Å²) in [4.78, 5) is 4.39. The lowest BCUT2D eigenvalue weighted by Gasteiger charge is -2.07. The second-order valence-electron chi connectivity index (χ2n) is 5.23. The van der Waals surface area contributed by atoms with Gasteiger partial charge in [0.2, 0.25) is 0 Å². The second-order valence-corrected chi connectivity index (χ2v) is 6.17. The van der Waals surface area contributed by atoms with Gasteiger partial charge in [0.25, 0.3) is 0 Å². The van der Waals surface area contributed by atoms with Gasteiger partial charge < -0.3 is 5.32 Å². The average molecular weight is 314 g/mol. The lowest BCUT2D eigenvalue weighted by atomic mass is 10.1. The zero-order valence-corrected chi connectivity index (χ0v) is 12.7. The van der Waals surface area contributed by atoms with E-state index in [1.165, 1.54) is 17.4 Å². The van der Waals surface area contributed by atoms with E-state index in [0.29, 0.717) is 23.7 Å². The first-order chi connectivity index (χ1) is 9.86. The van der Waals surface area contributed by atoms with Gasteiger partial charge >= 0.3 is 6.18 Å². The highest BCUT2D eigenvalue weighted by atomic mass is 32.1. The fourth-order valence-corrected chi connectivity index (χ4v) is 2.62. The number of aromatic nitrogens is 1. The number of halogens is 3. The average Bonchev–Trinajstić information content (AvgIpc) is 2.86. The Balaban J connectivity index is 2.11. The molecule has 0 saturated carbocycles. The molecule has 0 aliphatic heterocycles. The predicted molar refractivity (Wildman–Crippen MR) is 79.1 cm³/mol. The van der Waals surface area contributed by atoms with E-state index >= 15 is 0 Å². The van der Waals surface area contributed by atoms with Crippen molar-refractivity contribution in [3.05, 3.63) is 40.2 Å². The molecule has 0 aliphatic rings. The van der Waals surface area contributed by atoms with Crippen molar-refractivity contribution in [2.75, 3.05) is 6.54 Å². The van der Waals surface area contributed by atoms with Gasteiger partial charge in [-0.15, -0.1) is 11.3 Å². The normalized spacial score (nSPS) is 12.1. The minimum Gasteiger partial charge on any atom is -0.310 e. The van der Waals surface area contributed by atoms with E-state index in [9.17, 15) is 13.2 Å². The van der Waals surface area contributed by atoms with E-state index in [4.69, 9.17) is 0 Å². The van der Waals surface area contributed by atoms with Crippen molar-refractivity contribution >= 4 is 11.3 Å². The summed E-state index contributed by atoms with van der Waals surface area (Å²) in [6.45, 7) is 5.76. The Morgan fingerprint density at radius 3 is 2.71 bits per heavy atom. The third kappa shape index (κ3) is 4.54. The van der Waals surface area contributed by atoms with Gasteiger partial charge in [0.1, 0.15) is 5.01 Å². The number of hydrogen-bond acceptors (Lipinski definition) is 3. The van der Waals surface area contributed by atoms with Crippen LogP contribution in [-0.2, 0) is 12.7 Å². The maximum Gasteiger partial charge on any atom is 0.416 e. The maximum atomic E-state index is 12.7. The summed E-state index contributed by atoms with van der Waals surface area (Å²) in [5.74, 6) is 0.549. The number of alkyl halides is 3. The van der Waals surface area contributed by atoms with Gasteiger partial charge in [0.15, 0.2) is 0 Å². The minimum atomic E-state index is -4.33.